The van der Waals surface area contributed by atoms with Crippen LogP contribution in [0.2, 0.25) is 5.02 Å². The van der Waals surface area contributed by atoms with Crippen molar-refractivity contribution in [3.05, 3.63) is 58.4 Å². The Morgan fingerprint density at radius 1 is 1.25 bits per heavy atom. The summed E-state index contributed by atoms with van der Waals surface area (Å²) in [5.74, 6) is 0.841. The van der Waals surface area contributed by atoms with E-state index in [0.717, 1.165) is 35.1 Å². The van der Waals surface area contributed by atoms with Gasteiger partial charge in [-0.1, -0.05) is 24.6 Å². The van der Waals surface area contributed by atoms with Gasteiger partial charge in [-0.2, -0.15) is 0 Å². The first-order chi connectivity index (χ1) is 9.69. The highest BCUT2D eigenvalue weighted by molar-refractivity contribution is 6.30. The van der Waals surface area contributed by atoms with Crippen LogP contribution in [0.1, 0.15) is 23.7 Å². The van der Waals surface area contributed by atoms with Crippen molar-refractivity contribution in [3.63, 3.8) is 0 Å². The van der Waals surface area contributed by atoms with E-state index in [9.17, 15) is 0 Å². The zero-order valence-electron chi connectivity index (χ0n) is 11.8. The fraction of sp³-hybridized carbons (Fsp3) is 0.312. The lowest BCUT2D eigenvalue weighted by Gasteiger charge is -2.09. The molecule has 0 saturated heterocycles. The second kappa shape index (κ2) is 7.27. The summed E-state index contributed by atoms with van der Waals surface area (Å²) in [6, 6.07) is 9.68. The number of hydrogen-bond donors (Lipinski definition) is 1. The maximum atomic E-state index is 5.92. The van der Waals surface area contributed by atoms with E-state index in [-0.39, 0.29) is 0 Å². The summed E-state index contributed by atoms with van der Waals surface area (Å²) in [6.07, 6.45) is 1.88. The Hall–Kier alpha value is -1.58. The number of ether oxygens (including phenoxy) is 1. The van der Waals surface area contributed by atoms with Crippen LogP contribution in [0, 0.1) is 6.92 Å². The van der Waals surface area contributed by atoms with E-state index in [1.165, 1.54) is 5.56 Å². The molecule has 1 heterocycles. The molecule has 1 aromatic heterocycles. The van der Waals surface area contributed by atoms with Crippen molar-refractivity contribution in [2.24, 2.45) is 0 Å². The molecule has 1 N–H and O–H groups in total. The number of aromatic nitrogens is 1. The minimum Gasteiger partial charge on any atom is -0.487 e. The number of aryl methyl sites for hydroxylation is 1. The SMILES string of the molecule is CCNCc1ccc(COc2ccc(Cl)cc2C)nc1. The van der Waals surface area contributed by atoms with Gasteiger partial charge in [0.15, 0.2) is 0 Å². The molecule has 4 heteroatoms. The Labute approximate surface area is 124 Å². The summed E-state index contributed by atoms with van der Waals surface area (Å²) >= 11 is 5.92. The van der Waals surface area contributed by atoms with E-state index >= 15 is 0 Å². The summed E-state index contributed by atoms with van der Waals surface area (Å²) in [6.45, 7) is 6.34. The fourth-order valence-electron chi connectivity index (χ4n) is 1.84. The van der Waals surface area contributed by atoms with Crippen LogP contribution in [0.25, 0.3) is 0 Å². The molecule has 0 fully saturated rings. The molecule has 0 aliphatic heterocycles. The quantitative estimate of drug-likeness (QED) is 0.880. The van der Waals surface area contributed by atoms with Crippen LogP contribution in [0.4, 0.5) is 0 Å². The van der Waals surface area contributed by atoms with Crippen molar-refractivity contribution in [2.45, 2.75) is 27.0 Å². The number of benzene rings is 1. The monoisotopic (exact) mass is 290 g/mol. The van der Waals surface area contributed by atoms with Crippen LogP contribution >= 0.6 is 11.6 Å². The largest absolute Gasteiger partial charge is 0.487 e. The smallest absolute Gasteiger partial charge is 0.130 e. The standard InChI is InChI=1S/C16H19ClN2O/c1-3-18-9-13-4-6-15(19-10-13)11-20-16-7-5-14(17)8-12(16)2/h4-8,10,18H,3,9,11H2,1-2H3. The van der Waals surface area contributed by atoms with Crippen molar-refractivity contribution in [1.82, 2.24) is 10.3 Å². The van der Waals surface area contributed by atoms with Gasteiger partial charge >= 0.3 is 0 Å². The predicted molar refractivity (Wildman–Crippen MR) is 82.1 cm³/mol. The zero-order valence-corrected chi connectivity index (χ0v) is 12.6. The van der Waals surface area contributed by atoms with Gasteiger partial charge in [0.05, 0.1) is 5.69 Å². The number of halogens is 1. The minimum absolute atomic E-state index is 0.462. The van der Waals surface area contributed by atoms with Gasteiger partial charge < -0.3 is 10.1 Å². The molecular formula is C16H19ClN2O. The van der Waals surface area contributed by atoms with Crippen LogP contribution in [0.5, 0.6) is 5.75 Å². The first kappa shape index (κ1) is 14.8. The van der Waals surface area contributed by atoms with Crippen LogP contribution in [0.3, 0.4) is 0 Å². The van der Waals surface area contributed by atoms with E-state index < -0.39 is 0 Å². The van der Waals surface area contributed by atoms with Crippen LogP contribution in [0.15, 0.2) is 36.5 Å². The molecule has 2 rings (SSSR count). The number of nitrogens with one attached hydrogen (secondary N) is 1. The summed E-state index contributed by atoms with van der Waals surface area (Å²) in [4.78, 5) is 4.40. The van der Waals surface area contributed by atoms with Crippen molar-refractivity contribution in [1.29, 1.82) is 0 Å². The predicted octanol–water partition coefficient (Wildman–Crippen LogP) is 3.73. The second-order valence-electron chi connectivity index (χ2n) is 4.64. The normalized spacial score (nSPS) is 10.6. The molecule has 0 aliphatic carbocycles. The zero-order chi connectivity index (χ0) is 14.4. The molecule has 106 valence electrons. The Morgan fingerprint density at radius 3 is 2.75 bits per heavy atom. The molecule has 0 atom stereocenters. The van der Waals surface area contributed by atoms with E-state index in [0.29, 0.717) is 6.61 Å². The Morgan fingerprint density at radius 2 is 2.10 bits per heavy atom. The maximum Gasteiger partial charge on any atom is 0.130 e. The molecule has 0 bridgehead atoms. The molecular weight excluding hydrogens is 272 g/mol. The lowest BCUT2D eigenvalue weighted by atomic mass is 10.2. The fourth-order valence-corrected chi connectivity index (χ4v) is 2.07. The lowest BCUT2D eigenvalue weighted by molar-refractivity contribution is 0.299. The van der Waals surface area contributed by atoms with Crippen LogP contribution < -0.4 is 10.1 Å². The number of rotatable bonds is 6. The number of nitrogens with zero attached hydrogens (tertiary/aromatic N) is 1. The third-order valence-electron chi connectivity index (χ3n) is 2.98. The third kappa shape index (κ3) is 4.22. The Bertz CT molecular complexity index is 555. The van der Waals surface area contributed by atoms with Gasteiger partial charge in [0.2, 0.25) is 0 Å². The first-order valence-electron chi connectivity index (χ1n) is 6.72. The van der Waals surface area contributed by atoms with Crippen LogP contribution in [-0.2, 0) is 13.2 Å². The van der Waals surface area contributed by atoms with Gasteiger partial charge in [-0.15, -0.1) is 0 Å². The maximum absolute atomic E-state index is 5.92. The summed E-state index contributed by atoms with van der Waals surface area (Å²) < 4.78 is 5.76. The molecule has 1 aromatic carbocycles. The summed E-state index contributed by atoms with van der Waals surface area (Å²) in [7, 11) is 0. The molecule has 20 heavy (non-hydrogen) atoms. The lowest BCUT2D eigenvalue weighted by Crippen LogP contribution is -2.12. The van der Waals surface area contributed by atoms with Crippen LogP contribution in [-0.4, -0.2) is 11.5 Å². The average molecular weight is 291 g/mol. The van der Waals surface area contributed by atoms with Gasteiger partial charge in [-0.05, 0) is 48.9 Å². The van der Waals surface area contributed by atoms with Crippen molar-refractivity contribution in [2.75, 3.05) is 6.54 Å². The highest BCUT2D eigenvalue weighted by atomic mass is 35.5. The highest BCUT2D eigenvalue weighted by Crippen LogP contribution is 2.22. The Kier molecular flexibility index (Phi) is 5.39. The van der Waals surface area contributed by atoms with Crippen molar-refractivity contribution >= 4 is 11.6 Å². The molecule has 0 saturated carbocycles. The van der Waals surface area contributed by atoms with Crippen molar-refractivity contribution < 1.29 is 4.74 Å². The van der Waals surface area contributed by atoms with E-state index in [1.54, 1.807) is 0 Å². The summed E-state index contributed by atoms with van der Waals surface area (Å²) in [5.41, 5.74) is 3.12. The minimum atomic E-state index is 0.462. The molecule has 0 aliphatic rings. The van der Waals surface area contributed by atoms with E-state index in [1.807, 2.05) is 37.4 Å². The number of hydrogen-bond acceptors (Lipinski definition) is 3. The summed E-state index contributed by atoms with van der Waals surface area (Å²) in [5, 5.41) is 3.99. The third-order valence-corrected chi connectivity index (χ3v) is 3.21. The molecule has 0 spiro atoms. The molecule has 3 nitrogen and oxygen atoms in total. The van der Waals surface area contributed by atoms with Gasteiger partial charge in [0, 0.05) is 17.8 Å². The molecule has 0 unspecified atom stereocenters. The van der Waals surface area contributed by atoms with Gasteiger partial charge in [-0.25, -0.2) is 0 Å². The van der Waals surface area contributed by atoms with E-state index in [4.69, 9.17) is 16.3 Å². The first-order valence-corrected chi connectivity index (χ1v) is 7.10. The topological polar surface area (TPSA) is 34.1 Å². The molecule has 0 radical (unpaired) electrons. The second-order valence-corrected chi connectivity index (χ2v) is 5.07. The number of pyridine rings is 1. The highest BCUT2D eigenvalue weighted by Gasteiger charge is 2.02. The van der Waals surface area contributed by atoms with E-state index in [2.05, 4.69) is 23.3 Å². The van der Waals surface area contributed by atoms with Gasteiger partial charge in [0.1, 0.15) is 12.4 Å². The van der Waals surface area contributed by atoms with Crippen molar-refractivity contribution in [3.8, 4) is 5.75 Å². The average Bonchev–Trinajstić information content (AvgIpc) is 2.45. The van der Waals surface area contributed by atoms with Gasteiger partial charge in [0.25, 0.3) is 0 Å². The molecule has 0 amide bonds. The molecule has 2 aromatic rings. The van der Waals surface area contributed by atoms with Gasteiger partial charge in [-0.3, -0.25) is 4.98 Å². The Balaban J connectivity index is 1.93.